The maximum absolute atomic E-state index is 13.9. The molecule has 0 saturated carbocycles. The van der Waals surface area contributed by atoms with Gasteiger partial charge in [0.15, 0.2) is 23.3 Å². The maximum Gasteiger partial charge on any atom is 0.422 e. The molecule has 0 aliphatic carbocycles. The van der Waals surface area contributed by atoms with E-state index in [-0.39, 0.29) is 36.7 Å². The Labute approximate surface area is 197 Å². The van der Waals surface area contributed by atoms with E-state index in [4.69, 9.17) is 0 Å². The van der Waals surface area contributed by atoms with Gasteiger partial charge in [-0.15, -0.1) is 0 Å². The molecule has 0 unspecified atom stereocenters. The quantitative estimate of drug-likeness (QED) is 0.406. The minimum Gasteiger partial charge on any atom is -0.321 e. The summed E-state index contributed by atoms with van der Waals surface area (Å²) in [7, 11) is -3.69. The third-order valence-corrected chi connectivity index (χ3v) is 7.74. The van der Waals surface area contributed by atoms with Crippen molar-refractivity contribution in [3.05, 3.63) is 58.7 Å². The Balaban J connectivity index is 1.59. The lowest BCUT2D eigenvalue weighted by atomic mass is 9.93. The highest BCUT2D eigenvalue weighted by atomic mass is 32.2. The molecule has 2 aromatic rings. The number of anilines is 1. The largest absolute Gasteiger partial charge is 0.422 e. The van der Waals surface area contributed by atoms with Gasteiger partial charge < -0.3 is 5.32 Å². The van der Waals surface area contributed by atoms with E-state index < -0.39 is 56.6 Å². The van der Waals surface area contributed by atoms with E-state index in [1.807, 2.05) is 6.92 Å². The molecule has 1 saturated heterocycles. The number of halogens is 7. The van der Waals surface area contributed by atoms with Crippen molar-refractivity contribution in [1.29, 1.82) is 0 Å². The Kier molecular flexibility index (Phi) is 7.80. The molecule has 1 N–H and O–H groups in total. The fraction of sp³-hybridized carbons (Fsp3) is 0.409. The highest BCUT2D eigenvalue weighted by molar-refractivity contribution is 7.89. The van der Waals surface area contributed by atoms with E-state index in [1.165, 1.54) is 16.4 Å². The van der Waals surface area contributed by atoms with Gasteiger partial charge in [-0.05, 0) is 44.2 Å². The van der Waals surface area contributed by atoms with Crippen molar-refractivity contribution in [3.63, 3.8) is 0 Å². The standard InChI is InChI=1S/C22H21F7N2O3S/c1-12-2-5-14(6-3-12)35(33,34)31-10-8-13(9-11-31)4-7-15(32)30-21-19(25)17(23)16(22(27,28)29)18(24)20(21)26/h2-3,5-6,13H,4,7-11H2,1H3,(H,30,32). The highest BCUT2D eigenvalue weighted by Crippen LogP contribution is 2.38. The first kappa shape index (κ1) is 26.9. The van der Waals surface area contributed by atoms with Crippen LogP contribution in [0, 0.1) is 36.1 Å². The number of hydrogen-bond donors (Lipinski definition) is 1. The number of nitrogens with one attached hydrogen (secondary N) is 1. The summed E-state index contributed by atoms with van der Waals surface area (Å²) in [5, 5.41) is 1.59. The molecule has 0 radical (unpaired) electrons. The first-order valence-corrected chi connectivity index (χ1v) is 12.0. The molecule has 2 aromatic carbocycles. The minimum absolute atomic E-state index is 0.124. The second kappa shape index (κ2) is 10.1. The number of nitrogens with zero attached hydrogens (tertiary/aromatic N) is 1. The first-order valence-electron chi connectivity index (χ1n) is 10.5. The van der Waals surface area contributed by atoms with Gasteiger partial charge in [0.2, 0.25) is 15.9 Å². The van der Waals surface area contributed by atoms with Gasteiger partial charge in [-0.25, -0.2) is 26.0 Å². The van der Waals surface area contributed by atoms with Gasteiger partial charge >= 0.3 is 6.18 Å². The van der Waals surface area contributed by atoms with Crippen LogP contribution in [0.15, 0.2) is 29.2 Å². The van der Waals surface area contributed by atoms with E-state index in [2.05, 4.69) is 0 Å². The monoisotopic (exact) mass is 526 g/mol. The number of alkyl halides is 3. The van der Waals surface area contributed by atoms with Gasteiger partial charge in [0.25, 0.3) is 0 Å². The van der Waals surface area contributed by atoms with Gasteiger partial charge in [-0.1, -0.05) is 17.7 Å². The number of rotatable bonds is 6. The summed E-state index contributed by atoms with van der Waals surface area (Å²) < 4.78 is 120. The second-order valence-electron chi connectivity index (χ2n) is 8.25. The van der Waals surface area contributed by atoms with Crippen molar-refractivity contribution in [2.75, 3.05) is 18.4 Å². The van der Waals surface area contributed by atoms with Crippen LogP contribution >= 0.6 is 0 Å². The summed E-state index contributed by atoms with van der Waals surface area (Å²) in [6.07, 6.45) is -5.08. The molecular weight excluding hydrogens is 505 g/mol. The Morgan fingerprint density at radius 1 is 0.971 bits per heavy atom. The summed E-state index contributed by atoms with van der Waals surface area (Å²) >= 11 is 0. The summed E-state index contributed by atoms with van der Waals surface area (Å²) in [6, 6.07) is 6.37. The lowest BCUT2D eigenvalue weighted by molar-refractivity contribution is -0.143. The van der Waals surface area contributed by atoms with E-state index >= 15 is 0 Å². The molecule has 3 rings (SSSR count). The topological polar surface area (TPSA) is 66.5 Å². The fourth-order valence-corrected chi connectivity index (χ4v) is 5.29. The molecule has 192 valence electrons. The maximum atomic E-state index is 13.9. The summed E-state index contributed by atoms with van der Waals surface area (Å²) in [6.45, 7) is 2.19. The zero-order valence-electron chi connectivity index (χ0n) is 18.4. The highest BCUT2D eigenvalue weighted by Gasteiger charge is 2.42. The van der Waals surface area contributed by atoms with Crippen LogP contribution in [0.3, 0.4) is 0 Å². The SMILES string of the molecule is Cc1ccc(S(=O)(=O)N2CCC(CCC(=O)Nc3c(F)c(F)c(C(F)(F)F)c(F)c3F)CC2)cc1. The van der Waals surface area contributed by atoms with E-state index in [9.17, 15) is 43.9 Å². The molecule has 1 heterocycles. The molecule has 0 aromatic heterocycles. The van der Waals surface area contributed by atoms with Gasteiger partial charge in [-0.2, -0.15) is 17.5 Å². The molecule has 1 amide bonds. The number of hydrogen-bond acceptors (Lipinski definition) is 3. The third-order valence-electron chi connectivity index (χ3n) is 5.82. The van der Waals surface area contributed by atoms with Crippen LogP contribution in [-0.4, -0.2) is 31.7 Å². The van der Waals surface area contributed by atoms with Crippen molar-refractivity contribution in [2.45, 2.75) is 43.7 Å². The number of aryl methyl sites for hydroxylation is 1. The first-order chi connectivity index (χ1) is 16.2. The molecule has 0 spiro atoms. The van der Waals surface area contributed by atoms with Crippen molar-refractivity contribution in [2.24, 2.45) is 5.92 Å². The van der Waals surface area contributed by atoms with Gasteiger partial charge in [0.05, 0.1) is 4.90 Å². The Morgan fingerprint density at radius 2 is 1.49 bits per heavy atom. The predicted molar refractivity (Wildman–Crippen MR) is 112 cm³/mol. The molecule has 13 heteroatoms. The van der Waals surface area contributed by atoms with Crippen LogP contribution in [0.4, 0.5) is 36.4 Å². The normalized spacial score (nSPS) is 15.9. The van der Waals surface area contributed by atoms with Gasteiger partial charge in [-0.3, -0.25) is 4.79 Å². The molecule has 0 atom stereocenters. The average molecular weight is 526 g/mol. The summed E-state index contributed by atoms with van der Waals surface area (Å²) in [5.41, 5.74) is -3.46. The smallest absolute Gasteiger partial charge is 0.321 e. The lowest BCUT2D eigenvalue weighted by Crippen LogP contribution is -2.38. The number of carbonyl (C=O) groups is 1. The van der Waals surface area contributed by atoms with Crippen molar-refractivity contribution in [1.82, 2.24) is 4.31 Å². The number of piperidine rings is 1. The molecular formula is C22H21F7N2O3S. The van der Waals surface area contributed by atoms with Crippen LogP contribution < -0.4 is 5.32 Å². The lowest BCUT2D eigenvalue weighted by Gasteiger charge is -2.31. The molecule has 35 heavy (non-hydrogen) atoms. The van der Waals surface area contributed by atoms with Crippen LogP contribution in [0.5, 0.6) is 0 Å². The number of amides is 1. The van der Waals surface area contributed by atoms with E-state index in [0.717, 1.165) is 5.56 Å². The van der Waals surface area contributed by atoms with Crippen molar-refractivity contribution >= 4 is 21.6 Å². The number of sulfonamides is 1. The zero-order valence-corrected chi connectivity index (χ0v) is 19.2. The summed E-state index contributed by atoms with van der Waals surface area (Å²) in [4.78, 5) is 12.2. The number of benzene rings is 2. The van der Waals surface area contributed by atoms with Crippen molar-refractivity contribution in [3.8, 4) is 0 Å². The molecule has 1 aliphatic rings. The molecule has 5 nitrogen and oxygen atoms in total. The Bertz CT molecular complexity index is 1180. The van der Waals surface area contributed by atoms with Crippen LogP contribution in [0.2, 0.25) is 0 Å². The molecule has 1 fully saturated rings. The van der Waals surface area contributed by atoms with Crippen molar-refractivity contribution < 1.29 is 43.9 Å². The predicted octanol–water partition coefficient (Wildman–Crippen LogP) is 5.39. The fourth-order valence-electron chi connectivity index (χ4n) is 3.83. The third kappa shape index (κ3) is 5.77. The van der Waals surface area contributed by atoms with Gasteiger partial charge in [0, 0.05) is 19.5 Å². The van der Waals surface area contributed by atoms with Gasteiger partial charge in [0.1, 0.15) is 11.3 Å². The van der Waals surface area contributed by atoms with Crippen LogP contribution in [0.25, 0.3) is 0 Å². The number of carbonyl (C=O) groups excluding carboxylic acids is 1. The van der Waals surface area contributed by atoms with E-state index in [1.54, 1.807) is 17.4 Å². The minimum atomic E-state index is -5.68. The van der Waals surface area contributed by atoms with E-state index in [0.29, 0.717) is 12.8 Å². The summed E-state index contributed by atoms with van der Waals surface area (Å²) in [5.74, 6) is -11.2. The Hall–Kier alpha value is -2.67. The zero-order chi connectivity index (χ0) is 26.1. The second-order valence-corrected chi connectivity index (χ2v) is 10.2. The molecule has 1 aliphatic heterocycles. The Morgan fingerprint density at radius 3 is 1.97 bits per heavy atom. The molecule has 0 bridgehead atoms. The van der Waals surface area contributed by atoms with Crippen LogP contribution in [0.1, 0.15) is 36.8 Å². The average Bonchev–Trinajstić information content (AvgIpc) is 2.79. The van der Waals surface area contributed by atoms with Crippen LogP contribution in [-0.2, 0) is 21.0 Å².